The molecule has 0 aliphatic carbocycles. The van der Waals surface area contributed by atoms with E-state index < -0.39 is 10.7 Å². The van der Waals surface area contributed by atoms with Gasteiger partial charge in [0, 0.05) is 17.7 Å². The van der Waals surface area contributed by atoms with E-state index in [9.17, 15) is 19.3 Å². The smallest absolute Gasteiger partial charge is 0.270 e. The van der Waals surface area contributed by atoms with Crippen molar-refractivity contribution in [1.82, 2.24) is 0 Å². The molecule has 0 aliphatic heterocycles. The van der Waals surface area contributed by atoms with Crippen LogP contribution in [0, 0.1) is 15.9 Å². The highest BCUT2D eigenvalue weighted by Crippen LogP contribution is 2.30. The predicted octanol–water partition coefficient (Wildman–Crippen LogP) is 3.22. The number of carbonyl (C=O) groups is 1. The fraction of sp³-hybridized carbons (Fsp3) is 0.0714. The Morgan fingerprint density at radius 3 is 2.60 bits per heavy atom. The van der Waals surface area contributed by atoms with Crippen molar-refractivity contribution >= 4 is 12.0 Å². The number of nitrogens with zero attached hydrogens (tertiary/aromatic N) is 1. The predicted molar refractivity (Wildman–Crippen MR) is 70.4 cm³/mol. The molecule has 0 fully saturated rings. The standard InChI is InChI=1S/C14H10FNO4/c1-20-14-5-2-9(6-10(14)8-17)12-7-11(16(18)19)3-4-13(12)15/h2-8H,1H3. The van der Waals surface area contributed by atoms with E-state index in [1.807, 2.05) is 0 Å². The Balaban J connectivity index is 2.58. The summed E-state index contributed by atoms with van der Waals surface area (Å²) in [5, 5.41) is 10.7. The molecule has 6 heteroatoms. The van der Waals surface area contributed by atoms with E-state index in [4.69, 9.17) is 4.74 Å². The minimum absolute atomic E-state index is 0.0601. The number of aldehydes is 1. The zero-order valence-corrected chi connectivity index (χ0v) is 10.5. The first kappa shape index (κ1) is 13.7. The SMILES string of the molecule is COc1ccc(-c2cc([N+](=O)[O-])ccc2F)cc1C=O. The lowest BCUT2D eigenvalue weighted by molar-refractivity contribution is -0.384. The van der Waals surface area contributed by atoms with Gasteiger partial charge in [-0.2, -0.15) is 0 Å². The second-order valence-electron chi connectivity index (χ2n) is 4.00. The number of halogens is 1. The first-order chi connectivity index (χ1) is 9.56. The van der Waals surface area contributed by atoms with Crippen molar-refractivity contribution in [2.45, 2.75) is 0 Å². The summed E-state index contributed by atoms with van der Waals surface area (Å²) in [6.07, 6.45) is 0.581. The van der Waals surface area contributed by atoms with Crippen molar-refractivity contribution < 1.29 is 18.8 Å². The summed E-state index contributed by atoms with van der Waals surface area (Å²) in [5.41, 5.74) is 0.458. The Labute approximate surface area is 113 Å². The van der Waals surface area contributed by atoms with E-state index in [1.165, 1.54) is 25.3 Å². The number of ether oxygens (including phenoxy) is 1. The summed E-state index contributed by atoms with van der Waals surface area (Å²) in [6.45, 7) is 0. The molecule has 0 heterocycles. The van der Waals surface area contributed by atoms with E-state index in [1.54, 1.807) is 0 Å². The van der Waals surface area contributed by atoms with Gasteiger partial charge in [0.2, 0.25) is 0 Å². The molecule has 0 amide bonds. The van der Waals surface area contributed by atoms with Gasteiger partial charge in [-0.3, -0.25) is 14.9 Å². The molecule has 0 saturated carbocycles. The third-order valence-corrected chi connectivity index (χ3v) is 2.83. The average Bonchev–Trinajstić information content (AvgIpc) is 2.46. The molecule has 5 nitrogen and oxygen atoms in total. The molecule has 0 unspecified atom stereocenters. The van der Waals surface area contributed by atoms with Gasteiger partial charge in [-0.1, -0.05) is 6.07 Å². The van der Waals surface area contributed by atoms with E-state index in [2.05, 4.69) is 0 Å². The normalized spacial score (nSPS) is 10.1. The molecule has 2 aromatic rings. The van der Waals surface area contributed by atoms with Gasteiger partial charge in [0.1, 0.15) is 11.6 Å². The molecule has 2 rings (SSSR count). The van der Waals surface area contributed by atoms with E-state index in [0.717, 1.165) is 18.2 Å². The molecular formula is C14H10FNO4. The van der Waals surface area contributed by atoms with Gasteiger partial charge in [-0.05, 0) is 23.8 Å². The minimum Gasteiger partial charge on any atom is -0.496 e. The summed E-state index contributed by atoms with van der Waals surface area (Å²) in [6, 6.07) is 7.71. The van der Waals surface area contributed by atoms with Crippen LogP contribution in [-0.4, -0.2) is 18.3 Å². The van der Waals surface area contributed by atoms with Crippen molar-refractivity contribution in [2.75, 3.05) is 7.11 Å². The van der Waals surface area contributed by atoms with Gasteiger partial charge < -0.3 is 4.74 Å². The van der Waals surface area contributed by atoms with Gasteiger partial charge in [-0.15, -0.1) is 0 Å². The Kier molecular flexibility index (Phi) is 3.74. The monoisotopic (exact) mass is 275 g/mol. The zero-order valence-electron chi connectivity index (χ0n) is 10.5. The third kappa shape index (κ3) is 2.49. The average molecular weight is 275 g/mol. The molecule has 102 valence electrons. The van der Waals surface area contributed by atoms with Gasteiger partial charge in [0.05, 0.1) is 17.6 Å². The van der Waals surface area contributed by atoms with Gasteiger partial charge >= 0.3 is 0 Å². The second-order valence-corrected chi connectivity index (χ2v) is 4.00. The summed E-state index contributed by atoms with van der Waals surface area (Å²) in [7, 11) is 1.41. The number of rotatable bonds is 4. The molecule has 0 atom stereocenters. The number of nitro benzene ring substituents is 1. The molecule has 0 bridgehead atoms. The maximum Gasteiger partial charge on any atom is 0.270 e. The largest absolute Gasteiger partial charge is 0.496 e. The highest BCUT2D eigenvalue weighted by molar-refractivity contribution is 5.83. The van der Waals surface area contributed by atoms with Crippen LogP contribution in [0.2, 0.25) is 0 Å². The van der Waals surface area contributed by atoms with Crippen LogP contribution >= 0.6 is 0 Å². The topological polar surface area (TPSA) is 69.4 Å². The van der Waals surface area contributed by atoms with Crippen LogP contribution in [0.4, 0.5) is 10.1 Å². The molecule has 20 heavy (non-hydrogen) atoms. The summed E-state index contributed by atoms with van der Waals surface area (Å²) in [5.74, 6) is -0.243. The summed E-state index contributed by atoms with van der Waals surface area (Å²) < 4.78 is 18.8. The van der Waals surface area contributed by atoms with Crippen LogP contribution < -0.4 is 4.74 Å². The minimum atomic E-state index is -0.604. The maximum atomic E-state index is 13.8. The lowest BCUT2D eigenvalue weighted by Crippen LogP contribution is -1.94. The first-order valence-corrected chi connectivity index (χ1v) is 5.64. The third-order valence-electron chi connectivity index (χ3n) is 2.83. The van der Waals surface area contributed by atoms with Crippen LogP contribution in [0.25, 0.3) is 11.1 Å². The molecule has 0 spiro atoms. The number of non-ortho nitro benzene ring substituents is 1. The maximum absolute atomic E-state index is 13.8. The van der Waals surface area contributed by atoms with Crippen molar-refractivity contribution in [2.24, 2.45) is 0 Å². The Morgan fingerprint density at radius 1 is 1.25 bits per heavy atom. The van der Waals surface area contributed by atoms with Crippen molar-refractivity contribution in [3.8, 4) is 16.9 Å². The second kappa shape index (κ2) is 5.48. The molecular weight excluding hydrogens is 265 g/mol. The molecule has 0 aliphatic rings. The van der Waals surface area contributed by atoms with Crippen LogP contribution in [0.15, 0.2) is 36.4 Å². The van der Waals surface area contributed by atoms with Crippen LogP contribution in [0.3, 0.4) is 0 Å². The van der Waals surface area contributed by atoms with Gasteiger partial charge in [0.15, 0.2) is 6.29 Å². The molecule has 0 N–H and O–H groups in total. The quantitative estimate of drug-likeness (QED) is 0.488. The number of carbonyl (C=O) groups excluding carboxylic acids is 1. The summed E-state index contributed by atoms with van der Waals surface area (Å²) >= 11 is 0. The number of benzene rings is 2. The van der Waals surface area contributed by atoms with Crippen LogP contribution in [0.1, 0.15) is 10.4 Å². The number of nitro groups is 1. The van der Waals surface area contributed by atoms with Gasteiger partial charge in [0.25, 0.3) is 5.69 Å². The molecule has 0 radical (unpaired) electrons. The van der Waals surface area contributed by atoms with Crippen LogP contribution in [-0.2, 0) is 0 Å². The van der Waals surface area contributed by atoms with Crippen LogP contribution in [0.5, 0.6) is 5.75 Å². The highest BCUT2D eigenvalue weighted by Gasteiger charge is 2.14. The fourth-order valence-corrected chi connectivity index (χ4v) is 1.84. The molecule has 0 saturated heterocycles. The Morgan fingerprint density at radius 2 is 2.00 bits per heavy atom. The first-order valence-electron chi connectivity index (χ1n) is 5.64. The van der Waals surface area contributed by atoms with E-state index in [0.29, 0.717) is 17.6 Å². The lowest BCUT2D eigenvalue weighted by Gasteiger charge is -2.07. The molecule has 2 aromatic carbocycles. The number of methoxy groups -OCH3 is 1. The van der Waals surface area contributed by atoms with Gasteiger partial charge in [-0.25, -0.2) is 4.39 Å². The fourth-order valence-electron chi connectivity index (χ4n) is 1.84. The zero-order chi connectivity index (χ0) is 14.7. The number of hydrogen-bond acceptors (Lipinski definition) is 4. The Hall–Kier alpha value is -2.76. The molecule has 0 aromatic heterocycles. The van der Waals surface area contributed by atoms with E-state index in [-0.39, 0.29) is 16.8 Å². The van der Waals surface area contributed by atoms with Crippen molar-refractivity contribution in [3.05, 3.63) is 57.9 Å². The Bertz CT molecular complexity index is 685. The lowest BCUT2D eigenvalue weighted by atomic mass is 10.0. The number of hydrogen-bond donors (Lipinski definition) is 0. The summed E-state index contributed by atoms with van der Waals surface area (Å²) in [4.78, 5) is 21.1. The van der Waals surface area contributed by atoms with Crippen molar-refractivity contribution in [3.63, 3.8) is 0 Å². The van der Waals surface area contributed by atoms with Crippen molar-refractivity contribution in [1.29, 1.82) is 0 Å². The van der Waals surface area contributed by atoms with E-state index >= 15 is 0 Å². The highest BCUT2D eigenvalue weighted by atomic mass is 19.1.